The Morgan fingerprint density at radius 2 is 2.06 bits per heavy atom. The van der Waals surface area contributed by atoms with Gasteiger partial charge in [0.2, 0.25) is 0 Å². The smallest absolute Gasteiger partial charge is 0.140 e. The fourth-order valence-electron chi connectivity index (χ4n) is 1.94. The molecule has 0 atom stereocenters. The van der Waals surface area contributed by atoms with Gasteiger partial charge in [-0.25, -0.2) is 0 Å². The molecule has 5 heteroatoms. The number of hydrogen-bond donors (Lipinski definition) is 1. The molecule has 1 aromatic rings. The number of aryl methyl sites for hydroxylation is 2. The summed E-state index contributed by atoms with van der Waals surface area (Å²) in [5.41, 5.74) is 7.04. The second kappa shape index (κ2) is 5.85. The monoisotopic (exact) mass is 271 g/mol. The van der Waals surface area contributed by atoms with Gasteiger partial charge in [-0.1, -0.05) is 18.5 Å². The highest BCUT2D eigenvalue weighted by molar-refractivity contribution is 6.32. The van der Waals surface area contributed by atoms with Gasteiger partial charge in [-0.2, -0.15) is 5.10 Å². The summed E-state index contributed by atoms with van der Waals surface area (Å²) in [5, 5.41) is 5.02. The Balaban J connectivity index is 2.90. The van der Waals surface area contributed by atoms with E-state index in [1.54, 1.807) is 0 Å². The zero-order valence-electron chi connectivity index (χ0n) is 11.6. The van der Waals surface area contributed by atoms with Crippen LogP contribution in [0.2, 0.25) is 5.02 Å². The van der Waals surface area contributed by atoms with Crippen molar-refractivity contribution >= 4 is 17.4 Å². The Labute approximate surface area is 113 Å². The zero-order chi connectivity index (χ0) is 13.9. The second-order valence-corrected chi connectivity index (χ2v) is 5.64. The summed E-state index contributed by atoms with van der Waals surface area (Å²) in [6, 6.07) is 0. The van der Waals surface area contributed by atoms with E-state index in [1.165, 1.54) is 0 Å². The highest BCUT2D eigenvalue weighted by Gasteiger charge is 2.21. The summed E-state index contributed by atoms with van der Waals surface area (Å²) in [6.07, 6.45) is 1.43. The van der Waals surface area contributed by atoms with Crippen LogP contribution >= 0.6 is 11.6 Å². The van der Waals surface area contributed by atoms with Gasteiger partial charge < -0.3 is 5.73 Å². The van der Waals surface area contributed by atoms with Gasteiger partial charge in [-0.3, -0.25) is 9.48 Å². The average Bonchev–Trinajstić information content (AvgIpc) is 2.53. The fraction of sp³-hybridized carbons (Fsp3) is 0.692. The normalized spacial score (nSPS) is 11.9. The molecule has 0 unspecified atom stereocenters. The highest BCUT2D eigenvalue weighted by atomic mass is 35.5. The minimum absolute atomic E-state index is 0.0988. The Bertz CT molecular complexity index is 432. The van der Waals surface area contributed by atoms with Gasteiger partial charge in [0.25, 0.3) is 0 Å². The molecule has 0 aliphatic carbocycles. The van der Waals surface area contributed by atoms with Gasteiger partial charge in [0.1, 0.15) is 5.78 Å². The Morgan fingerprint density at radius 1 is 1.44 bits per heavy atom. The van der Waals surface area contributed by atoms with Gasteiger partial charge in [0, 0.05) is 24.9 Å². The van der Waals surface area contributed by atoms with Crippen molar-refractivity contribution in [2.24, 2.45) is 5.73 Å². The SMILES string of the molecule is CCc1nn(CC)c(CC(=O)CC(C)(C)N)c1Cl. The molecule has 0 amide bonds. The molecule has 0 saturated heterocycles. The topological polar surface area (TPSA) is 60.9 Å². The maximum atomic E-state index is 12.0. The van der Waals surface area contributed by atoms with Gasteiger partial charge in [0.05, 0.1) is 16.4 Å². The molecule has 0 radical (unpaired) electrons. The van der Waals surface area contributed by atoms with Crippen LogP contribution in [-0.4, -0.2) is 21.1 Å². The van der Waals surface area contributed by atoms with Crippen LogP contribution in [0.4, 0.5) is 0 Å². The van der Waals surface area contributed by atoms with Crippen LogP contribution in [0.3, 0.4) is 0 Å². The number of aromatic nitrogens is 2. The molecular weight excluding hydrogens is 250 g/mol. The first kappa shape index (κ1) is 15.2. The molecule has 0 saturated carbocycles. The van der Waals surface area contributed by atoms with E-state index >= 15 is 0 Å². The summed E-state index contributed by atoms with van der Waals surface area (Å²) in [6.45, 7) is 8.41. The van der Waals surface area contributed by atoms with E-state index in [0.29, 0.717) is 24.4 Å². The first-order valence-corrected chi connectivity index (χ1v) is 6.71. The van der Waals surface area contributed by atoms with E-state index < -0.39 is 5.54 Å². The Hall–Kier alpha value is -0.870. The third-order valence-corrected chi connectivity index (χ3v) is 3.15. The number of halogens is 1. The predicted octanol–water partition coefficient (Wildman–Crippen LogP) is 2.36. The van der Waals surface area contributed by atoms with Gasteiger partial charge >= 0.3 is 0 Å². The van der Waals surface area contributed by atoms with Crippen LogP contribution < -0.4 is 5.73 Å². The quantitative estimate of drug-likeness (QED) is 0.864. The molecule has 0 fully saturated rings. The maximum Gasteiger partial charge on any atom is 0.140 e. The maximum absolute atomic E-state index is 12.0. The van der Waals surface area contributed by atoms with E-state index in [-0.39, 0.29) is 5.78 Å². The van der Waals surface area contributed by atoms with E-state index in [9.17, 15) is 4.79 Å². The molecular formula is C13H22ClN3O. The minimum Gasteiger partial charge on any atom is -0.325 e. The largest absolute Gasteiger partial charge is 0.325 e. The predicted molar refractivity (Wildman–Crippen MR) is 73.9 cm³/mol. The molecule has 4 nitrogen and oxygen atoms in total. The van der Waals surface area contributed by atoms with Crippen molar-refractivity contribution in [3.8, 4) is 0 Å². The standard InChI is InChI=1S/C13H22ClN3O/c1-5-10-12(14)11(17(6-2)16-10)7-9(18)8-13(3,4)15/h5-8,15H2,1-4H3. The number of rotatable bonds is 6. The first-order chi connectivity index (χ1) is 8.28. The minimum atomic E-state index is -0.478. The van der Waals surface area contributed by atoms with Crippen molar-refractivity contribution in [1.29, 1.82) is 0 Å². The lowest BCUT2D eigenvalue weighted by Gasteiger charge is -2.17. The zero-order valence-corrected chi connectivity index (χ0v) is 12.3. The fourth-order valence-corrected chi connectivity index (χ4v) is 2.28. The first-order valence-electron chi connectivity index (χ1n) is 6.33. The van der Waals surface area contributed by atoms with Crippen molar-refractivity contribution in [2.45, 2.75) is 59.0 Å². The lowest BCUT2D eigenvalue weighted by molar-refractivity contribution is -0.119. The van der Waals surface area contributed by atoms with Crippen molar-refractivity contribution in [3.63, 3.8) is 0 Å². The van der Waals surface area contributed by atoms with E-state index in [0.717, 1.165) is 17.8 Å². The molecule has 18 heavy (non-hydrogen) atoms. The van der Waals surface area contributed by atoms with E-state index in [2.05, 4.69) is 5.10 Å². The van der Waals surface area contributed by atoms with Gasteiger partial charge in [0.15, 0.2) is 0 Å². The molecule has 0 bridgehead atoms. The number of hydrogen-bond acceptors (Lipinski definition) is 3. The van der Waals surface area contributed by atoms with Crippen LogP contribution in [0.1, 0.15) is 45.5 Å². The molecule has 2 N–H and O–H groups in total. The summed E-state index contributed by atoms with van der Waals surface area (Å²) >= 11 is 6.26. The van der Waals surface area contributed by atoms with Crippen LogP contribution in [-0.2, 0) is 24.2 Å². The number of ketones is 1. The Morgan fingerprint density at radius 3 is 2.50 bits per heavy atom. The third kappa shape index (κ3) is 3.82. The van der Waals surface area contributed by atoms with Crippen LogP contribution in [0.15, 0.2) is 0 Å². The van der Waals surface area contributed by atoms with Crippen LogP contribution in [0.5, 0.6) is 0 Å². The number of Topliss-reactive ketones (excluding diaryl/α,β-unsaturated/α-hetero) is 1. The third-order valence-electron chi connectivity index (χ3n) is 2.71. The number of nitrogens with two attached hydrogens (primary N) is 1. The molecule has 0 aromatic carbocycles. The molecule has 102 valence electrons. The molecule has 1 heterocycles. The van der Waals surface area contributed by atoms with E-state index in [1.807, 2.05) is 32.4 Å². The van der Waals surface area contributed by atoms with Crippen LogP contribution in [0, 0.1) is 0 Å². The number of nitrogens with zero attached hydrogens (tertiary/aromatic N) is 2. The van der Waals surface area contributed by atoms with Crippen LogP contribution in [0.25, 0.3) is 0 Å². The average molecular weight is 272 g/mol. The lowest BCUT2D eigenvalue weighted by Crippen LogP contribution is -2.35. The van der Waals surface area contributed by atoms with Crippen molar-refractivity contribution in [2.75, 3.05) is 0 Å². The molecule has 1 aromatic heterocycles. The Kier molecular flexibility index (Phi) is 4.93. The lowest BCUT2D eigenvalue weighted by atomic mass is 9.97. The second-order valence-electron chi connectivity index (χ2n) is 5.26. The number of carbonyl (C=O) groups is 1. The molecule has 0 aliphatic heterocycles. The van der Waals surface area contributed by atoms with Crippen molar-refractivity contribution in [1.82, 2.24) is 9.78 Å². The highest BCUT2D eigenvalue weighted by Crippen LogP contribution is 2.23. The summed E-state index contributed by atoms with van der Waals surface area (Å²) < 4.78 is 1.81. The van der Waals surface area contributed by atoms with E-state index in [4.69, 9.17) is 17.3 Å². The summed E-state index contributed by atoms with van der Waals surface area (Å²) in [4.78, 5) is 12.0. The van der Waals surface area contributed by atoms with Gasteiger partial charge in [-0.05, 0) is 27.2 Å². The summed E-state index contributed by atoms with van der Waals surface area (Å²) in [7, 11) is 0. The van der Waals surface area contributed by atoms with Crippen molar-refractivity contribution < 1.29 is 4.79 Å². The molecule has 0 aliphatic rings. The van der Waals surface area contributed by atoms with Gasteiger partial charge in [-0.15, -0.1) is 0 Å². The molecule has 1 rings (SSSR count). The molecule has 0 spiro atoms. The van der Waals surface area contributed by atoms with Crippen molar-refractivity contribution in [3.05, 3.63) is 16.4 Å². The summed E-state index contributed by atoms with van der Waals surface area (Å²) in [5.74, 6) is 0.0988. The number of carbonyl (C=O) groups excluding carboxylic acids is 1.